The van der Waals surface area contributed by atoms with Gasteiger partial charge in [-0.1, -0.05) is 18.2 Å². The fourth-order valence-electron chi connectivity index (χ4n) is 2.20. The number of fused-ring (bicyclic) bond motifs is 1. The van der Waals surface area contributed by atoms with Gasteiger partial charge in [0.1, 0.15) is 11.5 Å². The summed E-state index contributed by atoms with van der Waals surface area (Å²) in [5.74, 6) is -0.626. The molecule has 0 fully saturated rings. The summed E-state index contributed by atoms with van der Waals surface area (Å²) in [5, 5.41) is 5.32. The Bertz CT molecular complexity index is 777. The first-order valence-corrected chi connectivity index (χ1v) is 6.20. The Kier molecular flexibility index (Phi) is 3.02. The molecule has 0 N–H and O–H groups in total. The van der Waals surface area contributed by atoms with Crippen LogP contribution in [0.15, 0.2) is 42.6 Å². The molecular weight excluding hydrogens is 257 g/mol. The number of hydrogen-bond donors (Lipinski definition) is 0. The molecule has 0 aliphatic rings. The first-order chi connectivity index (χ1) is 9.65. The molecule has 0 spiro atoms. The molecular formula is C15H12FN3O. The van der Waals surface area contributed by atoms with Crippen molar-refractivity contribution in [3.63, 3.8) is 0 Å². The van der Waals surface area contributed by atoms with Gasteiger partial charge in [-0.15, -0.1) is 0 Å². The van der Waals surface area contributed by atoms with Crippen molar-refractivity contribution in [2.75, 3.05) is 0 Å². The molecule has 20 heavy (non-hydrogen) atoms. The van der Waals surface area contributed by atoms with E-state index in [1.807, 2.05) is 31.3 Å². The predicted octanol–water partition coefficient (Wildman–Crippen LogP) is 2.53. The molecule has 0 amide bonds. The minimum Gasteiger partial charge on any atom is -0.292 e. The molecule has 3 aromatic rings. The number of benzene rings is 1. The molecule has 0 atom stereocenters. The van der Waals surface area contributed by atoms with Crippen molar-refractivity contribution in [3.8, 4) is 0 Å². The Morgan fingerprint density at radius 3 is 2.80 bits per heavy atom. The van der Waals surface area contributed by atoms with Gasteiger partial charge in [0.25, 0.3) is 0 Å². The van der Waals surface area contributed by atoms with E-state index in [-0.39, 0.29) is 17.9 Å². The Morgan fingerprint density at radius 2 is 2.05 bits per heavy atom. The van der Waals surface area contributed by atoms with E-state index in [4.69, 9.17) is 0 Å². The number of nitrogens with zero attached hydrogens (tertiary/aromatic N) is 3. The zero-order valence-electron chi connectivity index (χ0n) is 10.9. The quantitative estimate of drug-likeness (QED) is 0.686. The Hall–Kier alpha value is -2.56. The summed E-state index contributed by atoms with van der Waals surface area (Å²) in [6, 6.07) is 10.3. The first-order valence-electron chi connectivity index (χ1n) is 6.20. The molecule has 0 saturated heterocycles. The lowest BCUT2D eigenvalue weighted by Gasteiger charge is -1.98. The summed E-state index contributed by atoms with van der Waals surface area (Å²) in [6.07, 6.45) is 1.20. The Morgan fingerprint density at radius 1 is 1.25 bits per heavy atom. The number of carbonyl (C=O) groups is 1. The van der Waals surface area contributed by atoms with E-state index >= 15 is 0 Å². The van der Waals surface area contributed by atoms with Gasteiger partial charge >= 0.3 is 0 Å². The van der Waals surface area contributed by atoms with Gasteiger partial charge in [0.15, 0.2) is 5.78 Å². The Balaban J connectivity index is 1.93. The third-order valence-electron chi connectivity index (χ3n) is 3.18. The van der Waals surface area contributed by atoms with E-state index in [1.165, 1.54) is 12.1 Å². The average molecular weight is 269 g/mol. The van der Waals surface area contributed by atoms with Gasteiger partial charge in [-0.25, -0.2) is 4.39 Å². The first kappa shape index (κ1) is 12.5. The van der Waals surface area contributed by atoms with Crippen LogP contribution in [0.1, 0.15) is 16.2 Å². The van der Waals surface area contributed by atoms with Crippen molar-refractivity contribution < 1.29 is 9.18 Å². The predicted molar refractivity (Wildman–Crippen MR) is 72.9 cm³/mol. The van der Waals surface area contributed by atoms with Crippen molar-refractivity contribution in [1.29, 1.82) is 0 Å². The van der Waals surface area contributed by atoms with Gasteiger partial charge in [-0.3, -0.25) is 14.5 Å². The second kappa shape index (κ2) is 4.85. The molecule has 0 saturated carbocycles. The standard InChI is InChI=1S/C15H12FN3O/c1-19-14-5-3-2-4-11(14)13(18-19)8-15(20)12-7-6-10(16)9-17-12/h2-7,9H,8H2,1H3. The van der Waals surface area contributed by atoms with Gasteiger partial charge in [-0.2, -0.15) is 5.10 Å². The maximum atomic E-state index is 12.8. The number of hydrogen-bond acceptors (Lipinski definition) is 3. The lowest BCUT2D eigenvalue weighted by molar-refractivity contribution is 0.0987. The molecule has 0 unspecified atom stereocenters. The molecule has 1 aromatic carbocycles. The van der Waals surface area contributed by atoms with Crippen LogP contribution in [0.3, 0.4) is 0 Å². The van der Waals surface area contributed by atoms with Crippen LogP contribution in [0.25, 0.3) is 10.9 Å². The van der Waals surface area contributed by atoms with E-state index < -0.39 is 5.82 Å². The second-order valence-electron chi connectivity index (χ2n) is 4.55. The SMILES string of the molecule is Cn1nc(CC(=O)c2ccc(F)cn2)c2ccccc21. The van der Waals surface area contributed by atoms with Gasteiger partial charge in [0.2, 0.25) is 0 Å². The third-order valence-corrected chi connectivity index (χ3v) is 3.18. The van der Waals surface area contributed by atoms with Crippen LogP contribution in [0.5, 0.6) is 0 Å². The van der Waals surface area contributed by atoms with Gasteiger partial charge in [0.05, 0.1) is 23.8 Å². The van der Waals surface area contributed by atoms with Crippen molar-refractivity contribution >= 4 is 16.7 Å². The van der Waals surface area contributed by atoms with Crippen LogP contribution in [0.2, 0.25) is 0 Å². The molecule has 2 aromatic heterocycles. The summed E-state index contributed by atoms with van der Waals surface area (Å²) in [7, 11) is 1.84. The summed E-state index contributed by atoms with van der Waals surface area (Å²) in [6.45, 7) is 0. The minimum absolute atomic E-state index is 0.153. The number of ketones is 1. The second-order valence-corrected chi connectivity index (χ2v) is 4.55. The maximum absolute atomic E-state index is 12.8. The third kappa shape index (κ3) is 2.18. The van der Waals surface area contributed by atoms with E-state index in [1.54, 1.807) is 4.68 Å². The lowest BCUT2D eigenvalue weighted by atomic mass is 10.1. The highest BCUT2D eigenvalue weighted by atomic mass is 19.1. The van der Waals surface area contributed by atoms with Crippen LogP contribution < -0.4 is 0 Å². The van der Waals surface area contributed by atoms with Gasteiger partial charge < -0.3 is 0 Å². The van der Waals surface area contributed by atoms with Gasteiger partial charge in [0, 0.05) is 12.4 Å². The highest BCUT2D eigenvalue weighted by Crippen LogP contribution is 2.18. The molecule has 0 aliphatic carbocycles. The topological polar surface area (TPSA) is 47.8 Å². The summed E-state index contributed by atoms with van der Waals surface area (Å²) in [4.78, 5) is 15.9. The molecule has 0 radical (unpaired) electrons. The number of aryl methyl sites for hydroxylation is 1. The number of pyridine rings is 1. The van der Waals surface area contributed by atoms with E-state index in [2.05, 4.69) is 10.1 Å². The number of halogens is 1. The number of carbonyl (C=O) groups excluding carboxylic acids is 1. The highest BCUT2D eigenvalue weighted by Gasteiger charge is 2.14. The van der Waals surface area contributed by atoms with Crippen LogP contribution >= 0.6 is 0 Å². The molecule has 0 bridgehead atoms. The summed E-state index contributed by atoms with van der Waals surface area (Å²) in [5.41, 5.74) is 1.93. The van der Waals surface area contributed by atoms with E-state index in [9.17, 15) is 9.18 Å². The van der Waals surface area contributed by atoms with E-state index in [0.29, 0.717) is 5.69 Å². The number of rotatable bonds is 3. The summed E-state index contributed by atoms with van der Waals surface area (Å²) < 4.78 is 14.5. The average Bonchev–Trinajstić information content (AvgIpc) is 2.77. The molecule has 3 rings (SSSR count). The smallest absolute Gasteiger partial charge is 0.187 e. The molecule has 5 heteroatoms. The molecule has 100 valence electrons. The molecule has 4 nitrogen and oxygen atoms in total. The number of Topliss-reactive ketones (excluding diaryl/α,β-unsaturated/α-hetero) is 1. The van der Waals surface area contributed by atoms with Crippen LogP contribution in [0.4, 0.5) is 4.39 Å². The monoisotopic (exact) mass is 269 g/mol. The Labute approximate surface area is 114 Å². The number of aromatic nitrogens is 3. The van der Waals surface area contributed by atoms with Crippen molar-refractivity contribution in [2.24, 2.45) is 7.05 Å². The normalized spacial score (nSPS) is 10.9. The van der Waals surface area contributed by atoms with Crippen LogP contribution in [0, 0.1) is 5.82 Å². The van der Waals surface area contributed by atoms with Crippen molar-refractivity contribution in [3.05, 3.63) is 59.8 Å². The fraction of sp³-hybridized carbons (Fsp3) is 0.133. The fourth-order valence-corrected chi connectivity index (χ4v) is 2.20. The largest absolute Gasteiger partial charge is 0.292 e. The number of para-hydroxylation sites is 1. The zero-order chi connectivity index (χ0) is 14.1. The molecule has 0 aliphatic heterocycles. The van der Waals surface area contributed by atoms with Crippen molar-refractivity contribution in [1.82, 2.24) is 14.8 Å². The highest BCUT2D eigenvalue weighted by molar-refractivity contribution is 5.97. The zero-order valence-corrected chi connectivity index (χ0v) is 10.9. The summed E-state index contributed by atoms with van der Waals surface area (Å²) >= 11 is 0. The molecule has 2 heterocycles. The van der Waals surface area contributed by atoms with Crippen molar-refractivity contribution in [2.45, 2.75) is 6.42 Å². The lowest BCUT2D eigenvalue weighted by Crippen LogP contribution is -2.07. The van der Waals surface area contributed by atoms with Crippen LogP contribution in [-0.4, -0.2) is 20.5 Å². The maximum Gasteiger partial charge on any atom is 0.187 e. The minimum atomic E-state index is -0.454. The van der Waals surface area contributed by atoms with Crippen LogP contribution in [-0.2, 0) is 13.5 Å². The van der Waals surface area contributed by atoms with E-state index in [0.717, 1.165) is 17.1 Å². The van der Waals surface area contributed by atoms with Gasteiger partial charge in [-0.05, 0) is 18.2 Å².